The van der Waals surface area contributed by atoms with Crippen LogP contribution in [0.5, 0.6) is 5.75 Å². The summed E-state index contributed by atoms with van der Waals surface area (Å²) < 4.78 is 51.9. The molecule has 0 aliphatic heterocycles. The Balaban J connectivity index is 3.03. The van der Waals surface area contributed by atoms with E-state index in [0.717, 1.165) is 12.1 Å². The zero-order valence-electron chi connectivity index (χ0n) is 8.98. The molecule has 0 spiro atoms. The Morgan fingerprint density at radius 3 is 2.41 bits per heavy atom. The quantitative estimate of drug-likeness (QED) is 0.610. The molecule has 0 saturated carbocycles. The molecule has 0 heterocycles. The molecule has 94 valence electrons. The van der Waals surface area contributed by atoms with Crippen molar-refractivity contribution in [3.8, 4) is 5.75 Å². The van der Waals surface area contributed by atoms with Crippen LogP contribution in [0.4, 0.5) is 8.28 Å². The van der Waals surface area contributed by atoms with Crippen LogP contribution in [-0.2, 0) is 10.2 Å². The first kappa shape index (κ1) is 13.8. The highest BCUT2D eigenvalue weighted by atomic mass is 32.3. The van der Waals surface area contributed by atoms with Crippen molar-refractivity contribution in [3.05, 3.63) is 24.0 Å². The van der Waals surface area contributed by atoms with Gasteiger partial charge < -0.3 is 9.64 Å². The second-order valence-electron chi connectivity index (χ2n) is 3.29. The summed E-state index contributed by atoms with van der Waals surface area (Å²) in [6.07, 6.45) is 0. The number of thiocarbonyl (C=S) groups is 1. The molecule has 0 saturated heterocycles. The highest BCUT2D eigenvalue weighted by molar-refractivity contribution is 7.86. The van der Waals surface area contributed by atoms with Gasteiger partial charge in [-0.15, -0.1) is 3.89 Å². The van der Waals surface area contributed by atoms with Crippen molar-refractivity contribution in [3.63, 3.8) is 0 Å². The fourth-order valence-electron chi connectivity index (χ4n) is 0.901. The van der Waals surface area contributed by atoms with Gasteiger partial charge in [0.05, 0.1) is 0 Å². The molecule has 1 aromatic rings. The molecule has 0 N–H and O–H groups in total. The first-order chi connectivity index (χ1) is 7.71. The molecule has 1 rings (SSSR count). The van der Waals surface area contributed by atoms with E-state index in [1.807, 2.05) is 0 Å². The van der Waals surface area contributed by atoms with Crippen LogP contribution in [0.25, 0.3) is 0 Å². The molecule has 0 amide bonds. The van der Waals surface area contributed by atoms with Crippen LogP contribution in [0.3, 0.4) is 0 Å². The lowest BCUT2D eigenvalue weighted by atomic mass is 10.3. The second-order valence-corrected chi connectivity index (χ2v) is 4.99. The first-order valence-corrected chi connectivity index (χ1v) is 6.14. The molecule has 0 radical (unpaired) electrons. The average molecular weight is 281 g/mol. The summed E-state index contributed by atoms with van der Waals surface area (Å²) in [6.45, 7) is 0. The Morgan fingerprint density at radius 2 is 2.00 bits per heavy atom. The van der Waals surface area contributed by atoms with Gasteiger partial charge in [-0.25, -0.2) is 4.39 Å². The minimum atomic E-state index is -4.93. The fraction of sp³-hybridized carbons (Fsp3) is 0.222. The Labute approximate surface area is 103 Å². The highest BCUT2D eigenvalue weighted by Gasteiger charge is 2.16. The molecule has 0 unspecified atom stereocenters. The maximum Gasteiger partial charge on any atom is 0.332 e. The van der Waals surface area contributed by atoms with Gasteiger partial charge >= 0.3 is 10.2 Å². The standard InChI is InChI=1S/C9H9F2NO3S2/c1-12(2)9(16)15-8-4-3-6(5-7(8)10)17(11,13)14/h3-5H,1-2H3. The lowest BCUT2D eigenvalue weighted by Crippen LogP contribution is -2.25. The molecular weight excluding hydrogens is 272 g/mol. The summed E-state index contributed by atoms with van der Waals surface area (Å²) >= 11 is 4.77. The third-order valence-corrected chi connectivity index (χ3v) is 3.01. The molecular formula is C9H9F2NO3S2. The van der Waals surface area contributed by atoms with E-state index in [1.165, 1.54) is 4.90 Å². The summed E-state index contributed by atoms with van der Waals surface area (Å²) in [7, 11) is -1.73. The van der Waals surface area contributed by atoms with Crippen LogP contribution in [-0.4, -0.2) is 32.6 Å². The van der Waals surface area contributed by atoms with Crippen molar-refractivity contribution >= 4 is 27.6 Å². The van der Waals surface area contributed by atoms with Crippen molar-refractivity contribution in [1.82, 2.24) is 4.90 Å². The van der Waals surface area contributed by atoms with Gasteiger partial charge in [0, 0.05) is 14.1 Å². The number of hydrogen-bond acceptors (Lipinski definition) is 4. The Bertz CT molecular complexity index is 543. The van der Waals surface area contributed by atoms with Crippen LogP contribution in [0.1, 0.15) is 0 Å². The van der Waals surface area contributed by atoms with Crippen LogP contribution < -0.4 is 4.74 Å². The van der Waals surface area contributed by atoms with Gasteiger partial charge in [0.1, 0.15) is 4.90 Å². The van der Waals surface area contributed by atoms with Crippen molar-refractivity contribution in [2.75, 3.05) is 14.1 Å². The van der Waals surface area contributed by atoms with Gasteiger partial charge in [-0.05, 0) is 30.4 Å². The van der Waals surface area contributed by atoms with Crippen molar-refractivity contribution in [1.29, 1.82) is 0 Å². The normalized spacial score (nSPS) is 11.1. The molecule has 1 aromatic carbocycles. The van der Waals surface area contributed by atoms with Crippen molar-refractivity contribution < 1.29 is 21.4 Å². The Morgan fingerprint density at radius 1 is 1.41 bits per heavy atom. The number of benzene rings is 1. The third kappa shape index (κ3) is 3.60. The SMILES string of the molecule is CN(C)C(=S)Oc1ccc(S(=O)(=O)F)cc1F. The van der Waals surface area contributed by atoms with Crippen LogP contribution in [0.15, 0.2) is 23.1 Å². The maximum absolute atomic E-state index is 13.4. The largest absolute Gasteiger partial charge is 0.429 e. The minimum absolute atomic E-state index is 0.000226. The van der Waals surface area contributed by atoms with Gasteiger partial charge in [0.25, 0.3) is 5.17 Å². The summed E-state index contributed by atoms with van der Waals surface area (Å²) in [5.41, 5.74) is 0. The zero-order chi connectivity index (χ0) is 13.2. The van der Waals surface area contributed by atoms with E-state index >= 15 is 0 Å². The van der Waals surface area contributed by atoms with Crippen molar-refractivity contribution in [2.45, 2.75) is 4.90 Å². The summed E-state index contributed by atoms with van der Waals surface area (Å²) in [6, 6.07) is 2.42. The summed E-state index contributed by atoms with van der Waals surface area (Å²) in [5, 5.41) is -0.000226. The van der Waals surface area contributed by atoms with E-state index in [9.17, 15) is 16.7 Å². The maximum atomic E-state index is 13.4. The molecule has 0 aromatic heterocycles. The fourth-order valence-corrected chi connectivity index (χ4v) is 1.47. The lowest BCUT2D eigenvalue weighted by molar-refractivity contribution is 0.424. The van der Waals surface area contributed by atoms with E-state index < -0.39 is 20.9 Å². The van der Waals surface area contributed by atoms with E-state index in [4.69, 9.17) is 17.0 Å². The average Bonchev–Trinajstić information content (AvgIpc) is 2.19. The monoisotopic (exact) mass is 281 g/mol. The summed E-state index contributed by atoms with van der Waals surface area (Å²) in [4.78, 5) is 0.660. The number of rotatable bonds is 2. The molecule has 0 aliphatic carbocycles. The van der Waals surface area contributed by atoms with Gasteiger partial charge in [0.15, 0.2) is 11.6 Å². The minimum Gasteiger partial charge on any atom is -0.429 e. The Hall–Kier alpha value is -1.28. The van der Waals surface area contributed by atoms with E-state index in [2.05, 4.69) is 0 Å². The predicted octanol–water partition coefficient (Wildman–Crippen LogP) is 1.71. The second kappa shape index (κ2) is 4.92. The van der Waals surface area contributed by atoms with Crippen LogP contribution in [0, 0.1) is 5.82 Å². The van der Waals surface area contributed by atoms with Gasteiger partial charge in [0.2, 0.25) is 0 Å². The van der Waals surface area contributed by atoms with E-state index in [1.54, 1.807) is 14.1 Å². The first-order valence-electron chi connectivity index (χ1n) is 4.35. The molecule has 8 heteroatoms. The molecule has 0 atom stereocenters. The van der Waals surface area contributed by atoms with E-state index in [0.29, 0.717) is 6.07 Å². The molecule has 0 aliphatic rings. The third-order valence-electron chi connectivity index (χ3n) is 1.75. The number of hydrogen-bond donors (Lipinski definition) is 0. The smallest absolute Gasteiger partial charge is 0.332 e. The van der Waals surface area contributed by atoms with Gasteiger partial charge in [-0.2, -0.15) is 8.42 Å². The molecule has 0 bridgehead atoms. The zero-order valence-corrected chi connectivity index (χ0v) is 10.6. The number of ether oxygens (including phenoxy) is 1. The highest BCUT2D eigenvalue weighted by Crippen LogP contribution is 2.22. The molecule has 4 nitrogen and oxygen atoms in total. The van der Waals surface area contributed by atoms with E-state index in [-0.39, 0.29) is 10.9 Å². The Kier molecular flexibility index (Phi) is 3.99. The van der Waals surface area contributed by atoms with Crippen LogP contribution >= 0.6 is 12.2 Å². The number of halogens is 2. The lowest BCUT2D eigenvalue weighted by Gasteiger charge is -2.14. The number of nitrogens with zero attached hydrogens (tertiary/aromatic N) is 1. The van der Waals surface area contributed by atoms with Crippen LogP contribution in [0.2, 0.25) is 0 Å². The molecule has 17 heavy (non-hydrogen) atoms. The topological polar surface area (TPSA) is 46.6 Å². The van der Waals surface area contributed by atoms with Crippen molar-refractivity contribution in [2.24, 2.45) is 0 Å². The van der Waals surface area contributed by atoms with Gasteiger partial charge in [-0.3, -0.25) is 0 Å². The summed E-state index contributed by atoms with van der Waals surface area (Å²) in [5.74, 6) is -1.27. The van der Waals surface area contributed by atoms with Gasteiger partial charge in [-0.1, -0.05) is 0 Å². The predicted molar refractivity (Wildman–Crippen MR) is 61.6 cm³/mol. The molecule has 0 fully saturated rings.